The molecule has 3 atom stereocenters. The molecule has 10 heteroatoms. The van der Waals surface area contributed by atoms with Crippen LogP contribution in [0.5, 0.6) is 11.5 Å². The first-order valence-corrected chi connectivity index (χ1v) is 17.8. The molecule has 3 aliphatic heterocycles. The van der Waals surface area contributed by atoms with E-state index in [4.69, 9.17) is 14.2 Å². The highest BCUT2D eigenvalue weighted by atomic mass is 79.9. The first kappa shape index (κ1) is 32.6. The SMILES string of the molecule is CC(C)C[C@H]1C(=O)N(Cc2ccc(Br)cc2)[C@H]2c3cc4c(cc3N(C(=O)c3ccccc3)[C@@H]2COCCCCN1C(=O)C1CC1)OCO4. The Morgan fingerprint density at radius 1 is 0.958 bits per heavy atom. The Morgan fingerprint density at radius 3 is 2.40 bits per heavy atom. The molecule has 0 aromatic heterocycles. The molecular formula is C38H42BrN3O6. The smallest absolute Gasteiger partial charge is 0.258 e. The van der Waals surface area contributed by atoms with Crippen LogP contribution in [0.1, 0.15) is 73.5 Å². The van der Waals surface area contributed by atoms with E-state index in [1.165, 1.54) is 0 Å². The van der Waals surface area contributed by atoms with Crippen LogP contribution in [0.2, 0.25) is 0 Å². The van der Waals surface area contributed by atoms with Gasteiger partial charge in [0.05, 0.1) is 24.4 Å². The molecule has 4 aliphatic rings. The molecule has 48 heavy (non-hydrogen) atoms. The number of ether oxygens (including phenoxy) is 3. The predicted octanol–water partition coefficient (Wildman–Crippen LogP) is 6.74. The number of nitrogens with zero attached hydrogens (tertiary/aromatic N) is 3. The fourth-order valence-electron chi connectivity index (χ4n) is 7.21. The minimum atomic E-state index is -0.633. The summed E-state index contributed by atoms with van der Waals surface area (Å²) in [5, 5.41) is 0. The summed E-state index contributed by atoms with van der Waals surface area (Å²) in [4.78, 5) is 49.3. The van der Waals surface area contributed by atoms with Crippen molar-refractivity contribution in [2.75, 3.05) is 31.5 Å². The molecule has 9 nitrogen and oxygen atoms in total. The summed E-state index contributed by atoms with van der Waals surface area (Å²) < 4.78 is 18.9. The van der Waals surface area contributed by atoms with Crippen molar-refractivity contribution in [1.29, 1.82) is 0 Å². The third-order valence-corrected chi connectivity index (χ3v) is 10.2. The molecule has 0 bridgehead atoms. The average molecular weight is 717 g/mol. The topological polar surface area (TPSA) is 88.6 Å². The first-order chi connectivity index (χ1) is 23.3. The minimum Gasteiger partial charge on any atom is -0.454 e. The van der Waals surface area contributed by atoms with Crippen LogP contribution in [0.25, 0.3) is 0 Å². The molecule has 0 unspecified atom stereocenters. The summed E-state index contributed by atoms with van der Waals surface area (Å²) in [6, 6.07) is 19.2. The van der Waals surface area contributed by atoms with Gasteiger partial charge in [-0.1, -0.05) is 60.1 Å². The Kier molecular flexibility index (Phi) is 9.47. The molecule has 0 N–H and O–H groups in total. The molecule has 0 radical (unpaired) electrons. The first-order valence-electron chi connectivity index (χ1n) is 17.1. The van der Waals surface area contributed by atoms with Gasteiger partial charge >= 0.3 is 0 Å². The lowest BCUT2D eigenvalue weighted by Crippen LogP contribution is -2.55. The van der Waals surface area contributed by atoms with Crippen LogP contribution in [0, 0.1) is 11.8 Å². The van der Waals surface area contributed by atoms with Gasteiger partial charge in [-0.15, -0.1) is 0 Å². The van der Waals surface area contributed by atoms with Gasteiger partial charge in [0.1, 0.15) is 6.04 Å². The number of rotatable bonds is 6. The molecule has 1 aliphatic carbocycles. The normalized spacial score (nSPS) is 22.6. The van der Waals surface area contributed by atoms with Crippen LogP contribution < -0.4 is 14.4 Å². The van der Waals surface area contributed by atoms with Gasteiger partial charge in [0.15, 0.2) is 11.5 Å². The molecule has 3 heterocycles. The van der Waals surface area contributed by atoms with Crippen molar-refractivity contribution in [3.8, 4) is 11.5 Å². The van der Waals surface area contributed by atoms with E-state index in [-0.39, 0.29) is 49.5 Å². The Labute approximate surface area is 290 Å². The van der Waals surface area contributed by atoms with E-state index < -0.39 is 18.1 Å². The Bertz CT molecular complexity index is 1660. The number of amides is 3. The van der Waals surface area contributed by atoms with Gasteiger partial charge in [0.2, 0.25) is 18.6 Å². The number of benzene rings is 3. The van der Waals surface area contributed by atoms with E-state index in [9.17, 15) is 9.59 Å². The lowest BCUT2D eigenvalue weighted by atomic mass is 9.95. The summed E-state index contributed by atoms with van der Waals surface area (Å²) in [6.45, 7) is 5.79. The fraction of sp³-hybridized carbons (Fsp3) is 0.447. The van der Waals surface area contributed by atoms with E-state index in [1.54, 1.807) is 4.90 Å². The van der Waals surface area contributed by atoms with Crippen LogP contribution in [0.3, 0.4) is 0 Å². The predicted molar refractivity (Wildman–Crippen MR) is 185 cm³/mol. The second-order valence-electron chi connectivity index (χ2n) is 13.6. The lowest BCUT2D eigenvalue weighted by Gasteiger charge is -2.41. The third kappa shape index (κ3) is 6.57. The van der Waals surface area contributed by atoms with Gasteiger partial charge in [-0.3, -0.25) is 14.4 Å². The molecule has 1 saturated heterocycles. The van der Waals surface area contributed by atoms with Crippen LogP contribution in [-0.2, 0) is 20.9 Å². The van der Waals surface area contributed by atoms with Crippen molar-refractivity contribution >= 4 is 39.3 Å². The number of fused-ring (bicyclic) bond motifs is 4. The summed E-state index contributed by atoms with van der Waals surface area (Å²) in [5.74, 6) is 1.07. The Balaban J connectivity index is 1.40. The average Bonchev–Trinajstić information content (AvgIpc) is 3.76. The highest BCUT2D eigenvalue weighted by molar-refractivity contribution is 9.10. The number of halogens is 1. The summed E-state index contributed by atoms with van der Waals surface area (Å²) in [5.41, 5.74) is 2.94. The van der Waals surface area contributed by atoms with Crippen LogP contribution in [0.15, 0.2) is 71.2 Å². The van der Waals surface area contributed by atoms with Gasteiger partial charge in [0, 0.05) is 47.3 Å². The van der Waals surface area contributed by atoms with Crippen LogP contribution in [0.4, 0.5) is 5.69 Å². The van der Waals surface area contributed by atoms with Crippen molar-refractivity contribution in [2.45, 2.75) is 70.6 Å². The van der Waals surface area contributed by atoms with Crippen molar-refractivity contribution in [3.05, 3.63) is 87.9 Å². The fourth-order valence-corrected chi connectivity index (χ4v) is 7.48. The molecule has 3 aromatic carbocycles. The zero-order chi connectivity index (χ0) is 33.4. The molecule has 0 spiro atoms. The quantitative estimate of drug-likeness (QED) is 0.281. The highest BCUT2D eigenvalue weighted by Crippen LogP contribution is 2.50. The standard InChI is InChI=1S/C38H42BrN3O6/c1-24(2)18-31-38(45)41(21-25-10-14-28(39)15-11-25)35-29-19-33-34(48-23-47-33)20-30(29)42(37(44)26-8-4-3-5-9-26)32(35)22-46-17-7-6-16-40(31)36(43)27-12-13-27/h3-5,8-11,14-15,19-20,24,27,31-32,35H,6-7,12-13,16-18,21-23H2,1-2H3/t31-,32+,35-/m0/s1. The van der Waals surface area contributed by atoms with Crippen molar-refractivity contribution < 1.29 is 28.6 Å². The van der Waals surface area contributed by atoms with E-state index in [1.807, 2.05) is 76.5 Å². The van der Waals surface area contributed by atoms with Gasteiger partial charge in [-0.25, -0.2) is 0 Å². The summed E-state index contributed by atoms with van der Waals surface area (Å²) in [7, 11) is 0. The molecule has 252 valence electrons. The number of carbonyl (C=O) groups is 3. The van der Waals surface area contributed by atoms with Crippen molar-refractivity contribution in [3.63, 3.8) is 0 Å². The molecular weight excluding hydrogens is 674 g/mol. The van der Waals surface area contributed by atoms with E-state index >= 15 is 4.79 Å². The van der Waals surface area contributed by atoms with Crippen LogP contribution in [-0.4, -0.2) is 66.2 Å². The van der Waals surface area contributed by atoms with Crippen molar-refractivity contribution in [2.24, 2.45) is 11.8 Å². The highest BCUT2D eigenvalue weighted by Gasteiger charge is 2.50. The molecule has 3 aromatic rings. The van der Waals surface area contributed by atoms with Gasteiger partial charge in [-0.2, -0.15) is 0 Å². The maximum atomic E-state index is 15.4. The Morgan fingerprint density at radius 2 is 1.69 bits per heavy atom. The molecule has 2 fully saturated rings. The second kappa shape index (κ2) is 13.9. The van der Waals surface area contributed by atoms with Gasteiger partial charge in [0.25, 0.3) is 5.91 Å². The summed E-state index contributed by atoms with van der Waals surface area (Å²) in [6.07, 6.45) is 3.75. The van der Waals surface area contributed by atoms with E-state index in [0.717, 1.165) is 41.3 Å². The number of anilines is 1. The Hall–Kier alpha value is -3.89. The maximum Gasteiger partial charge on any atom is 0.258 e. The third-order valence-electron chi connectivity index (χ3n) is 9.71. The largest absolute Gasteiger partial charge is 0.454 e. The second-order valence-corrected chi connectivity index (χ2v) is 14.6. The molecule has 1 saturated carbocycles. The summed E-state index contributed by atoms with van der Waals surface area (Å²) >= 11 is 3.55. The zero-order valence-electron chi connectivity index (χ0n) is 27.5. The lowest BCUT2D eigenvalue weighted by molar-refractivity contribution is -0.150. The van der Waals surface area contributed by atoms with Gasteiger partial charge in [-0.05, 0) is 73.9 Å². The number of hydrogen-bond donors (Lipinski definition) is 0. The van der Waals surface area contributed by atoms with E-state index in [2.05, 4.69) is 29.8 Å². The zero-order valence-corrected chi connectivity index (χ0v) is 29.1. The van der Waals surface area contributed by atoms with E-state index in [0.29, 0.717) is 42.3 Å². The number of hydrogen-bond acceptors (Lipinski definition) is 6. The van der Waals surface area contributed by atoms with Crippen LogP contribution >= 0.6 is 15.9 Å². The monoisotopic (exact) mass is 715 g/mol. The minimum absolute atomic E-state index is 0.0183. The molecule has 3 amide bonds. The molecule has 7 rings (SSSR count). The maximum absolute atomic E-state index is 15.4. The van der Waals surface area contributed by atoms with Gasteiger partial charge < -0.3 is 28.9 Å². The number of carbonyl (C=O) groups excluding carboxylic acids is 3. The van der Waals surface area contributed by atoms with Crippen molar-refractivity contribution in [1.82, 2.24) is 9.80 Å².